The second kappa shape index (κ2) is 9.18. The molecule has 0 unspecified atom stereocenters. The summed E-state index contributed by atoms with van der Waals surface area (Å²) in [6.07, 6.45) is 3.65. The summed E-state index contributed by atoms with van der Waals surface area (Å²) in [6, 6.07) is 8.17. The van der Waals surface area contributed by atoms with Gasteiger partial charge in [-0.15, -0.1) is 0 Å². The minimum absolute atomic E-state index is 0.00404. The molecule has 0 radical (unpaired) electrons. The molecule has 2 aliphatic rings. The predicted octanol–water partition coefficient (Wildman–Crippen LogP) is 5.36. The summed E-state index contributed by atoms with van der Waals surface area (Å²) in [7, 11) is 0. The number of carbonyl (C=O) groups is 2. The lowest BCUT2D eigenvalue weighted by Crippen LogP contribution is -2.51. The molecule has 1 amide bonds. The normalized spacial score (nSPS) is 16.4. The van der Waals surface area contributed by atoms with Gasteiger partial charge in [0, 0.05) is 0 Å². The van der Waals surface area contributed by atoms with Crippen LogP contribution in [0.2, 0.25) is 0 Å². The highest BCUT2D eigenvalue weighted by atomic mass is 16.4. The number of hydrogen-bond acceptors (Lipinski definition) is 4. The molecular weight excluding hydrogens is 416 g/mol. The van der Waals surface area contributed by atoms with Crippen LogP contribution in [-0.2, 0) is 16.0 Å². The van der Waals surface area contributed by atoms with Crippen molar-refractivity contribution in [2.45, 2.75) is 84.8 Å². The number of benzene rings is 2. The molecule has 2 aromatic carbocycles. The number of rotatable bonds is 3. The van der Waals surface area contributed by atoms with Crippen molar-refractivity contribution < 1.29 is 19.8 Å². The third kappa shape index (κ3) is 5.38. The van der Waals surface area contributed by atoms with E-state index in [1.807, 2.05) is 45.0 Å². The van der Waals surface area contributed by atoms with Crippen LogP contribution in [0.25, 0.3) is 11.1 Å². The van der Waals surface area contributed by atoms with Gasteiger partial charge in [-0.3, -0.25) is 9.59 Å². The number of carbonyl (C=O) groups excluding carboxylic acids is 1. The minimum atomic E-state index is -0.877. The molecule has 6 nitrogen and oxygen atoms in total. The highest BCUT2D eigenvalue weighted by molar-refractivity contribution is 6.09. The van der Waals surface area contributed by atoms with Crippen LogP contribution in [0.15, 0.2) is 24.3 Å². The number of nitrogens with one attached hydrogen (secondary N) is 2. The van der Waals surface area contributed by atoms with Crippen LogP contribution in [0.5, 0.6) is 0 Å². The van der Waals surface area contributed by atoms with Crippen LogP contribution in [0.3, 0.4) is 0 Å². The molecule has 33 heavy (non-hydrogen) atoms. The molecule has 1 aliphatic carbocycles. The maximum absolute atomic E-state index is 12.9. The lowest BCUT2D eigenvalue weighted by atomic mass is 9.84. The maximum Gasteiger partial charge on any atom is 0.307 e. The molecule has 1 saturated carbocycles. The number of aliphatic carboxylic acids is 1. The van der Waals surface area contributed by atoms with Crippen LogP contribution in [0.4, 0.5) is 11.4 Å². The van der Waals surface area contributed by atoms with Crippen molar-refractivity contribution in [2.24, 2.45) is 0 Å². The summed E-state index contributed by atoms with van der Waals surface area (Å²) in [5.74, 6) is -0.873. The van der Waals surface area contributed by atoms with E-state index in [0.717, 1.165) is 70.4 Å². The SMILES string of the molecule is CC(C)(C)O.Cc1ccc(-c2c(C)c3c(c(C)c2CC(=O)O)NC(=O)C2(CCCC2)N3)cc1. The van der Waals surface area contributed by atoms with Gasteiger partial charge < -0.3 is 20.8 Å². The highest BCUT2D eigenvalue weighted by Gasteiger charge is 2.45. The van der Waals surface area contributed by atoms with Crippen molar-refractivity contribution >= 4 is 23.3 Å². The fourth-order valence-electron chi connectivity index (χ4n) is 4.72. The Balaban J connectivity index is 0.000000555. The van der Waals surface area contributed by atoms with Gasteiger partial charge >= 0.3 is 5.97 Å². The molecule has 0 atom stereocenters. The molecular formula is C27H36N2O4. The summed E-state index contributed by atoms with van der Waals surface area (Å²) in [4.78, 5) is 24.5. The van der Waals surface area contributed by atoms with Crippen LogP contribution in [0.1, 0.15) is 68.7 Å². The van der Waals surface area contributed by atoms with Crippen LogP contribution in [-0.4, -0.2) is 33.2 Å². The zero-order valence-electron chi connectivity index (χ0n) is 20.6. The van der Waals surface area contributed by atoms with Crippen molar-refractivity contribution in [2.75, 3.05) is 10.6 Å². The molecule has 4 rings (SSSR count). The first-order valence-corrected chi connectivity index (χ1v) is 11.6. The van der Waals surface area contributed by atoms with E-state index in [-0.39, 0.29) is 12.3 Å². The van der Waals surface area contributed by atoms with Gasteiger partial charge in [0.05, 0.1) is 23.4 Å². The van der Waals surface area contributed by atoms with Gasteiger partial charge in [-0.1, -0.05) is 42.7 Å². The van der Waals surface area contributed by atoms with Crippen molar-refractivity contribution in [1.29, 1.82) is 0 Å². The Kier molecular flexibility index (Phi) is 6.89. The molecule has 0 bridgehead atoms. The minimum Gasteiger partial charge on any atom is -0.481 e. The zero-order chi connectivity index (χ0) is 24.6. The molecule has 1 aliphatic heterocycles. The first-order valence-electron chi connectivity index (χ1n) is 11.6. The standard InChI is InChI=1S/C23H26N2O3.C4H10O/c1-13-6-8-16(9-7-13)19-15(3)21-20(14(2)17(19)12-18(26)27)24-22(28)23(25-21)10-4-5-11-23;1-4(2,3)5/h6-9,25H,4-5,10-12H2,1-3H3,(H,24,28)(H,26,27);5H,1-3H3. The van der Waals surface area contributed by atoms with Crippen LogP contribution in [0, 0.1) is 20.8 Å². The molecule has 1 heterocycles. The maximum atomic E-state index is 12.9. The number of carboxylic acid groups (broad SMARTS) is 1. The quantitative estimate of drug-likeness (QED) is 0.502. The largest absolute Gasteiger partial charge is 0.481 e. The molecule has 4 N–H and O–H groups in total. The number of fused-ring (bicyclic) bond motifs is 1. The Labute approximate surface area is 196 Å². The fraction of sp³-hybridized carbons (Fsp3) is 0.481. The molecule has 2 aromatic rings. The number of amides is 1. The van der Waals surface area contributed by atoms with Crippen molar-refractivity contribution in [1.82, 2.24) is 0 Å². The van der Waals surface area contributed by atoms with Gasteiger partial charge in [0.1, 0.15) is 5.54 Å². The average molecular weight is 453 g/mol. The number of hydrogen-bond donors (Lipinski definition) is 4. The zero-order valence-corrected chi connectivity index (χ0v) is 20.6. The van der Waals surface area contributed by atoms with Gasteiger partial charge in [-0.05, 0) is 82.2 Å². The van der Waals surface area contributed by atoms with Gasteiger partial charge in [0.2, 0.25) is 5.91 Å². The predicted molar refractivity (Wildman–Crippen MR) is 133 cm³/mol. The van der Waals surface area contributed by atoms with Crippen LogP contribution >= 0.6 is 0 Å². The Bertz CT molecular complexity index is 1050. The van der Waals surface area contributed by atoms with E-state index in [1.165, 1.54) is 0 Å². The molecule has 6 heteroatoms. The third-order valence-electron chi connectivity index (χ3n) is 6.29. The second-order valence-electron chi connectivity index (χ2n) is 10.3. The van der Waals surface area contributed by atoms with E-state index in [2.05, 4.69) is 10.6 Å². The van der Waals surface area contributed by atoms with E-state index >= 15 is 0 Å². The summed E-state index contributed by atoms with van der Waals surface area (Å²) in [6.45, 7) is 11.2. The van der Waals surface area contributed by atoms with E-state index in [1.54, 1.807) is 20.8 Å². The highest BCUT2D eigenvalue weighted by Crippen LogP contribution is 2.47. The Morgan fingerprint density at radius 2 is 1.55 bits per heavy atom. The van der Waals surface area contributed by atoms with Crippen molar-refractivity contribution in [3.63, 3.8) is 0 Å². The summed E-state index contributed by atoms with van der Waals surface area (Å²) in [5.41, 5.74) is 6.32. The van der Waals surface area contributed by atoms with Gasteiger partial charge in [-0.2, -0.15) is 0 Å². The Morgan fingerprint density at radius 1 is 1.00 bits per heavy atom. The topological polar surface area (TPSA) is 98.7 Å². The first-order chi connectivity index (χ1) is 15.3. The molecule has 0 aromatic heterocycles. The molecule has 1 fully saturated rings. The summed E-state index contributed by atoms with van der Waals surface area (Å²) >= 11 is 0. The van der Waals surface area contributed by atoms with Gasteiger partial charge in [0.25, 0.3) is 0 Å². The molecule has 1 spiro atoms. The lowest BCUT2D eigenvalue weighted by Gasteiger charge is -2.38. The van der Waals surface area contributed by atoms with E-state index in [9.17, 15) is 14.7 Å². The van der Waals surface area contributed by atoms with Crippen molar-refractivity contribution in [3.05, 3.63) is 46.5 Å². The summed E-state index contributed by atoms with van der Waals surface area (Å²) in [5, 5.41) is 24.7. The van der Waals surface area contributed by atoms with Gasteiger partial charge in [-0.25, -0.2) is 0 Å². The second-order valence-corrected chi connectivity index (χ2v) is 10.3. The Morgan fingerprint density at radius 3 is 2.06 bits per heavy atom. The number of anilines is 2. The monoisotopic (exact) mass is 452 g/mol. The summed E-state index contributed by atoms with van der Waals surface area (Å²) < 4.78 is 0. The first kappa shape index (κ1) is 24.8. The molecule has 0 saturated heterocycles. The smallest absolute Gasteiger partial charge is 0.307 e. The molecule has 178 valence electrons. The van der Waals surface area contributed by atoms with E-state index in [4.69, 9.17) is 5.11 Å². The van der Waals surface area contributed by atoms with Gasteiger partial charge in [0.15, 0.2) is 0 Å². The fourth-order valence-corrected chi connectivity index (χ4v) is 4.72. The van der Waals surface area contributed by atoms with Crippen molar-refractivity contribution in [3.8, 4) is 11.1 Å². The number of aryl methyl sites for hydroxylation is 1. The average Bonchev–Trinajstić information content (AvgIpc) is 3.17. The number of carboxylic acids is 1. The van der Waals surface area contributed by atoms with E-state index < -0.39 is 17.1 Å². The van der Waals surface area contributed by atoms with Crippen LogP contribution < -0.4 is 10.6 Å². The third-order valence-corrected chi connectivity index (χ3v) is 6.29. The Hall–Kier alpha value is -2.86. The van der Waals surface area contributed by atoms with E-state index in [0.29, 0.717) is 0 Å². The number of aliphatic hydroxyl groups is 1. The lowest BCUT2D eigenvalue weighted by molar-refractivity contribution is -0.136.